The molecule has 0 aliphatic carbocycles. The molecule has 154 valence electrons. The molecule has 4 rings (SSSR count). The molecule has 5 nitrogen and oxygen atoms in total. The smallest absolute Gasteiger partial charge is 0.270 e. The number of carbonyl (C=O) groups excluding carboxylic acids is 2. The number of ether oxygens (including phenoxy) is 1. The number of hydrogen-bond acceptors (Lipinski definition) is 4. The highest BCUT2D eigenvalue weighted by atomic mass is 35.5. The van der Waals surface area contributed by atoms with Crippen LogP contribution in [0.1, 0.15) is 11.1 Å². The Hall–Kier alpha value is -3.48. The molecule has 0 spiro atoms. The molecule has 3 aromatic carbocycles. The standard InChI is InChI=1S/C24H17ClN2O3S/c25-21-12-5-4-8-17(21)15-30-19-11-6-7-16(13-19)14-20-22(28)26-24(31)27(23(20)29)18-9-2-1-3-10-18/h1-14H,15H2,(H,26,28,31)/b20-14+. The van der Waals surface area contributed by atoms with Crippen molar-refractivity contribution in [2.24, 2.45) is 0 Å². The van der Waals surface area contributed by atoms with Crippen LogP contribution in [0.2, 0.25) is 5.02 Å². The fourth-order valence-electron chi connectivity index (χ4n) is 3.11. The highest BCUT2D eigenvalue weighted by molar-refractivity contribution is 7.80. The first-order chi connectivity index (χ1) is 15.0. The molecule has 0 radical (unpaired) electrons. The van der Waals surface area contributed by atoms with Crippen molar-refractivity contribution in [2.45, 2.75) is 6.61 Å². The molecule has 1 N–H and O–H groups in total. The largest absolute Gasteiger partial charge is 0.489 e. The summed E-state index contributed by atoms with van der Waals surface area (Å²) in [6.45, 7) is 0.301. The normalized spacial score (nSPS) is 15.2. The minimum absolute atomic E-state index is 0.0132. The predicted octanol–water partition coefficient (Wildman–Crippen LogP) is 4.75. The summed E-state index contributed by atoms with van der Waals surface area (Å²) in [5.41, 5.74) is 2.08. The average molecular weight is 449 g/mol. The number of para-hydroxylation sites is 1. The van der Waals surface area contributed by atoms with Gasteiger partial charge in [0.15, 0.2) is 5.11 Å². The van der Waals surface area contributed by atoms with Crippen molar-refractivity contribution in [3.05, 3.63) is 101 Å². The third-order valence-corrected chi connectivity index (χ3v) is 5.29. The molecule has 1 aliphatic heterocycles. The van der Waals surface area contributed by atoms with Gasteiger partial charge in [-0.2, -0.15) is 0 Å². The van der Waals surface area contributed by atoms with E-state index in [-0.39, 0.29) is 10.7 Å². The van der Waals surface area contributed by atoms with Gasteiger partial charge in [-0.15, -0.1) is 0 Å². The van der Waals surface area contributed by atoms with Gasteiger partial charge in [0.25, 0.3) is 11.8 Å². The maximum Gasteiger partial charge on any atom is 0.270 e. The molecule has 2 amide bonds. The van der Waals surface area contributed by atoms with Crippen LogP contribution < -0.4 is 15.0 Å². The fourth-order valence-corrected chi connectivity index (χ4v) is 3.58. The van der Waals surface area contributed by atoms with Crippen LogP contribution in [0.25, 0.3) is 6.08 Å². The van der Waals surface area contributed by atoms with Gasteiger partial charge in [-0.1, -0.05) is 60.1 Å². The highest BCUT2D eigenvalue weighted by Crippen LogP contribution is 2.24. The minimum Gasteiger partial charge on any atom is -0.489 e. The van der Waals surface area contributed by atoms with E-state index in [1.54, 1.807) is 54.6 Å². The zero-order valence-electron chi connectivity index (χ0n) is 16.2. The molecular formula is C24H17ClN2O3S. The van der Waals surface area contributed by atoms with E-state index in [9.17, 15) is 9.59 Å². The lowest BCUT2D eigenvalue weighted by Gasteiger charge is -2.28. The van der Waals surface area contributed by atoms with E-state index >= 15 is 0 Å². The van der Waals surface area contributed by atoms with Crippen molar-refractivity contribution >= 4 is 52.5 Å². The summed E-state index contributed by atoms with van der Waals surface area (Å²) in [6.07, 6.45) is 1.53. The lowest BCUT2D eigenvalue weighted by Crippen LogP contribution is -2.54. The molecule has 7 heteroatoms. The van der Waals surface area contributed by atoms with Crippen LogP contribution in [-0.2, 0) is 16.2 Å². The van der Waals surface area contributed by atoms with Gasteiger partial charge >= 0.3 is 0 Å². The molecule has 1 saturated heterocycles. The number of nitrogens with one attached hydrogen (secondary N) is 1. The fraction of sp³-hybridized carbons (Fsp3) is 0.0417. The molecule has 0 unspecified atom stereocenters. The topological polar surface area (TPSA) is 58.6 Å². The number of thiocarbonyl (C=S) groups is 1. The maximum atomic E-state index is 13.0. The van der Waals surface area contributed by atoms with E-state index in [2.05, 4.69) is 5.32 Å². The van der Waals surface area contributed by atoms with E-state index < -0.39 is 11.8 Å². The zero-order valence-corrected chi connectivity index (χ0v) is 17.8. The highest BCUT2D eigenvalue weighted by Gasteiger charge is 2.34. The molecule has 0 aromatic heterocycles. The zero-order chi connectivity index (χ0) is 21.8. The van der Waals surface area contributed by atoms with Crippen LogP contribution in [0, 0.1) is 0 Å². The second kappa shape index (κ2) is 9.12. The van der Waals surface area contributed by atoms with Gasteiger partial charge < -0.3 is 4.74 Å². The Labute approximate surface area is 189 Å². The quantitative estimate of drug-likeness (QED) is 0.347. The summed E-state index contributed by atoms with van der Waals surface area (Å²) in [5.74, 6) is -0.430. The van der Waals surface area contributed by atoms with Gasteiger partial charge in [-0.05, 0) is 54.2 Å². The number of amides is 2. The Bertz CT molecular complexity index is 1190. The number of hydrogen-bond donors (Lipinski definition) is 1. The van der Waals surface area contributed by atoms with Crippen molar-refractivity contribution in [3.63, 3.8) is 0 Å². The predicted molar refractivity (Wildman–Crippen MR) is 125 cm³/mol. The van der Waals surface area contributed by atoms with E-state index in [4.69, 9.17) is 28.6 Å². The third kappa shape index (κ3) is 4.66. The second-order valence-corrected chi connectivity index (χ2v) is 7.54. The summed E-state index contributed by atoms with van der Waals surface area (Å²) >= 11 is 11.4. The first-order valence-corrected chi connectivity index (χ1v) is 10.2. The summed E-state index contributed by atoms with van der Waals surface area (Å²) in [5, 5.41) is 3.26. The van der Waals surface area contributed by atoms with Crippen LogP contribution in [0.15, 0.2) is 84.4 Å². The Morgan fingerprint density at radius 1 is 0.968 bits per heavy atom. The molecule has 3 aromatic rings. The minimum atomic E-state index is -0.537. The van der Waals surface area contributed by atoms with Gasteiger partial charge in [-0.25, -0.2) is 0 Å². The lowest BCUT2D eigenvalue weighted by molar-refractivity contribution is -0.122. The molecular weight excluding hydrogens is 432 g/mol. The molecule has 31 heavy (non-hydrogen) atoms. The molecule has 1 fully saturated rings. The SMILES string of the molecule is O=C1NC(=S)N(c2ccccc2)C(=O)/C1=C/c1cccc(OCc2ccccc2Cl)c1. The Morgan fingerprint density at radius 2 is 1.71 bits per heavy atom. The summed E-state index contributed by atoms with van der Waals surface area (Å²) in [6, 6.07) is 23.5. The Kier molecular flexibility index (Phi) is 6.11. The van der Waals surface area contributed by atoms with Gasteiger partial charge in [0.1, 0.15) is 17.9 Å². The number of carbonyl (C=O) groups is 2. The van der Waals surface area contributed by atoms with E-state index in [0.717, 1.165) is 5.56 Å². The summed E-state index contributed by atoms with van der Waals surface area (Å²) < 4.78 is 5.83. The van der Waals surface area contributed by atoms with Crippen molar-refractivity contribution in [3.8, 4) is 5.75 Å². The molecule has 0 atom stereocenters. The van der Waals surface area contributed by atoms with Crippen LogP contribution in [-0.4, -0.2) is 16.9 Å². The summed E-state index contributed by atoms with van der Waals surface area (Å²) in [7, 11) is 0. The second-order valence-electron chi connectivity index (χ2n) is 6.75. The van der Waals surface area contributed by atoms with E-state index in [0.29, 0.717) is 28.6 Å². The Morgan fingerprint density at radius 3 is 2.48 bits per heavy atom. The molecule has 1 heterocycles. The average Bonchev–Trinajstić information content (AvgIpc) is 2.77. The number of anilines is 1. The first kappa shape index (κ1) is 20.8. The number of benzene rings is 3. The van der Waals surface area contributed by atoms with Crippen LogP contribution in [0.5, 0.6) is 5.75 Å². The van der Waals surface area contributed by atoms with Crippen molar-refractivity contribution in [1.82, 2.24) is 5.32 Å². The molecule has 0 bridgehead atoms. The molecule has 1 aliphatic rings. The maximum absolute atomic E-state index is 13.0. The summed E-state index contributed by atoms with van der Waals surface area (Å²) in [4.78, 5) is 26.8. The van der Waals surface area contributed by atoms with Crippen molar-refractivity contribution in [2.75, 3.05) is 4.90 Å². The van der Waals surface area contributed by atoms with Crippen LogP contribution in [0.3, 0.4) is 0 Å². The van der Waals surface area contributed by atoms with Gasteiger partial charge in [0.05, 0.1) is 5.69 Å². The van der Waals surface area contributed by atoms with Crippen LogP contribution in [0.4, 0.5) is 5.69 Å². The lowest BCUT2D eigenvalue weighted by atomic mass is 10.1. The van der Waals surface area contributed by atoms with E-state index in [1.165, 1.54) is 11.0 Å². The first-order valence-electron chi connectivity index (χ1n) is 9.46. The number of rotatable bonds is 5. The molecule has 0 saturated carbocycles. The third-order valence-electron chi connectivity index (χ3n) is 4.64. The van der Waals surface area contributed by atoms with Crippen molar-refractivity contribution < 1.29 is 14.3 Å². The van der Waals surface area contributed by atoms with E-state index in [1.807, 2.05) is 24.3 Å². The monoisotopic (exact) mass is 448 g/mol. The van der Waals surface area contributed by atoms with Crippen LogP contribution >= 0.6 is 23.8 Å². The van der Waals surface area contributed by atoms with Gasteiger partial charge in [0.2, 0.25) is 0 Å². The van der Waals surface area contributed by atoms with Crippen molar-refractivity contribution in [1.29, 1.82) is 0 Å². The number of halogens is 1. The Balaban J connectivity index is 1.58. The van der Waals surface area contributed by atoms with Gasteiger partial charge in [0, 0.05) is 10.6 Å². The number of nitrogens with zero attached hydrogens (tertiary/aromatic N) is 1. The van der Waals surface area contributed by atoms with Gasteiger partial charge in [-0.3, -0.25) is 19.8 Å².